The molecule has 0 radical (unpaired) electrons. The van der Waals surface area contributed by atoms with E-state index in [1.54, 1.807) is 0 Å². The molecule has 0 aromatic carbocycles. The second kappa shape index (κ2) is 10.1. The summed E-state index contributed by atoms with van der Waals surface area (Å²) in [6.07, 6.45) is 10.9. The lowest BCUT2D eigenvalue weighted by Crippen LogP contribution is -2.52. The lowest BCUT2D eigenvalue weighted by atomic mass is 9.77. The summed E-state index contributed by atoms with van der Waals surface area (Å²) in [5.74, 6) is 0.566. The minimum atomic E-state index is -0.675. The zero-order valence-corrected chi connectivity index (χ0v) is 19.2. The molecule has 1 saturated heterocycles. The Morgan fingerprint density at radius 1 is 0.938 bits per heavy atom. The van der Waals surface area contributed by atoms with Gasteiger partial charge < -0.3 is 21.9 Å². The molecule has 7 N–H and O–H groups in total. The van der Waals surface area contributed by atoms with Crippen LogP contribution in [0.5, 0.6) is 0 Å². The molecule has 8 heteroatoms. The highest BCUT2D eigenvalue weighted by Gasteiger charge is 2.48. The van der Waals surface area contributed by atoms with Crippen LogP contribution in [-0.4, -0.2) is 58.4 Å². The average Bonchev–Trinajstić information content (AvgIpc) is 3.13. The molecule has 32 heavy (non-hydrogen) atoms. The molecule has 0 aromatic heterocycles. The number of fused-ring (bicyclic) bond motifs is 1. The summed E-state index contributed by atoms with van der Waals surface area (Å²) in [4.78, 5) is 27.2. The van der Waals surface area contributed by atoms with Crippen molar-refractivity contribution in [2.24, 2.45) is 35.1 Å². The van der Waals surface area contributed by atoms with Crippen LogP contribution in [0, 0.1) is 29.1 Å². The Labute approximate surface area is 191 Å². The van der Waals surface area contributed by atoms with E-state index in [9.17, 15) is 14.7 Å². The van der Waals surface area contributed by atoms with Crippen LogP contribution < -0.4 is 16.8 Å². The van der Waals surface area contributed by atoms with E-state index >= 15 is 0 Å². The van der Waals surface area contributed by atoms with Crippen molar-refractivity contribution in [3.8, 4) is 0 Å². The fraction of sp³-hybridized carbons (Fsp3) is 0.875. The van der Waals surface area contributed by atoms with E-state index in [1.807, 2.05) is 0 Å². The summed E-state index contributed by atoms with van der Waals surface area (Å²) in [6.45, 7) is 0.853. The lowest BCUT2D eigenvalue weighted by Gasteiger charge is -2.39. The van der Waals surface area contributed by atoms with Gasteiger partial charge in [-0.25, -0.2) is 0 Å². The van der Waals surface area contributed by atoms with E-state index in [0.29, 0.717) is 17.9 Å². The van der Waals surface area contributed by atoms with Crippen LogP contribution in [0.15, 0.2) is 0 Å². The SMILES string of the molecule is N=C(N)C1CCC2CC(C(=O)NC3CCC(N)CC3)N(CC3CCC(C(=O)O)CC3)C2C1. The van der Waals surface area contributed by atoms with Crippen LogP contribution in [0.25, 0.3) is 0 Å². The standard InChI is InChI=1S/C24H41N5O3/c25-18-7-9-19(10-8-18)28-23(30)21-11-16-5-6-17(22(26)27)12-20(16)29(21)13-14-1-3-15(4-2-14)24(31)32/h14-21H,1-13,25H2,(H3,26,27)(H,28,30)(H,31,32). The first kappa shape index (κ1) is 23.5. The van der Waals surface area contributed by atoms with Gasteiger partial charge in [-0.2, -0.15) is 0 Å². The molecule has 3 saturated carbocycles. The molecule has 0 aromatic rings. The molecule has 180 valence electrons. The van der Waals surface area contributed by atoms with Gasteiger partial charge in [-0.3, -0.25) is 19.9 Å². The maximum atomic E-state index is 13.4. The number of hydrogen-bond donors (Lipinski definition) is 5. The number of likely N-dealkylation sites (tertiary alicyclic amines) is 1. The third-order valence-electron chi connectivity index (χ3n) is 8.83. The molecule has 4 aliphatic rings. The van der Waals surface area contributed by atoms with Gasteiger partial charge in [-0.15, -0.1) is 0 Å². The van der Waals surface area contributed by atoms with Gasteiger partial charge >= 0.3 is 5.97 Å². The molecule has 0 bridgehead atoms. The van der Waals surface area contributed by atoms with Gasteiger partial charge in [0.25, 0.3) is 0 Å². The molecule has 1 aliphatic heterocycles. The topological polar surface area (TPSA) is 146 Å². The monoisotopic (exact) mass is 447 g/mol. The third kappa shape index (κ3) is 5.28. The second-order valence-electron chi connectivity index (χ2n) is 10.9. The molecular formula is C24H41N5O3. The van der Waals surface area contributed by atoms with Crippen LogP contribution in [0.4, 0.5) is 0 Å². The van der Waals surface area contributed by atoms with E-state index in [1.165, 1.54) is 0 Å². The number of hydrogen-bond acceptors (Lipinski definition) is 5. The summed E-state index contributed by atoms with van der Waals surface area (Å²) in [7, 11) is 0. The summed E-state index contributed by atoms with van der Waals surface area (Å²) in [6, 6.07) is 0.662. The van der Waals surface area contributed by atoms with Gasteiger partial charge in [0, 0.05) is 30.6 Å². The maximum Gasteiger partial charge on any atom is 0.306 e. The van der Waals surface area contributed by atoms with Crippen molar-refractivity contribution in [1.29, 1.82) is 5.41 Å². The molecule has 4 unspecified atom stereocenters. The molecule has 8 nitrogen and oxygen atoms in total. The van der Waals surface area contributed by atoms with Gasteiger partial charge in [0.05, 0.1) is 17.8 Å². The van der Waals surface area contributed by atoms with Gasteiger partial charge in [0.15, 0.2) is 0 Å². The smallest absolute Gasteiger partial charge is 0.306 e. The number of aliphatic carboxylic acids is 1. The van der Waals surface area contributed by atoms with E-state index in [-0.39, 0.29) is 41.7 Å². The summed E-state index contributed by atoms with van der Waals surface area (Å²) in [5.41, 5.74) is 11.9. The predicted molar refractivity (Wildman–Crippen MR) is 123 cm³/mol. The van der Waals surface area contributed by atoms with Crippen molar-refractivity contribution in [3.05, 3.63) is 0 Å². The first-order chi connectivity index (χ1) is 15.3. The first-order valence-electron chi connectivity index (χ1n) is 12.7. The second-order valence-corrected chi connectivity index (χ2v) is 10.9. The van der Waals surface area contributed by atoms with Crippen molar-refractivity contribution in [2.75, 3.05) is 6.54 Å². The van der Waals surface area contributed by atoms with Crippen LogP contribution in [-0.2, 0) is 9.59 Å². The minimum absolute atomic E-state index is 0.114. The molecular weight excluding hydrogens is 406 g/mol. The number of carbonyl (C=O) groups excluding carboxylic acids is 1. The number of nitrogens with two attached hydrogens (primary N) is 2. The number of carbonyl (C=O) groups is 2. The summed E-state index contributed by atoms with van der Waals surface area (Å²) < 4.78 is 0. The van der Waals surface area contributed by atoms with E-state index in [0.717, 1.165) is 83.6 Å². The fourth-order valence-corrected chi connectivity index (χ4v) is 6.80. The van der Waals surface area contributed by atoms with Crippen molar-refractivity contribution < 1.29 is 14.7 Å². The quantitative estimate of drug-likeness (QED) is 0.311. The highest BCUT2D eigenvalue weighted by Crippen LogP contribution is 2.43. The van der Waals surface area contributed by atoms with E-state index < -0.39 is 5.97 Å². The first-order valence-corrected chi connectivity index (χ1v) is 12.7. The Morgan fingerprint density at radius 3 is 2.22 bits per heavy atom. The number of rotatable bonds is 6. The Bertz CT molecular complexity index is 700. The molecule has 4 fully saturated rings. The number of carboxylic acid groups (broad SMARTS) is 1. The zero-order chi connectivity index (χ0) is 22.8. The largest absolute Gasteiger partial charge is 0.481 e. The van der Waals surface area contributed by atoms with E-state index in [4.69, 9.17) is 16.9 Å². The lowest BCUT2D eigenvalue weighted by molar-refractivity contribution is -0.143. The number of carboxylic acids is 1. The fourth-order valence-electron chi connectivity index (χ4n) is 6.80. The summed E-state index contributed by atoms with van der Waals surface area (Å²) in [5, 5.41) is 20.6. The number of nitrogens with one attached hydrogen (secondary N) is 2. The normalized spacial score (nSPS) is 40.4. The van der Waals surface area contributed by atoms with Crippen LogP contribution >= 0.6 is 0 Å². The van der Waals surface area contributed by atoms with Crippen molar-refractivity contribution in [1.82, 2.24) is 10.2 Å². The molecule has 0 spiro atoms. The van der Waals surface area contributed by atoms with Crippen LogP contribution in [0.1, 0.15) is 77.0 Å². The Balaban J connectivity index is 1.43. The molecule has 4 atom stereocenters. The van der Waals surface area contributed by atoms with Gasteiger partial charge in [0.2, 0.25) is 5.91 Å². The van der Waals surface area contributed by atoms with Gasteiger partial charge in [-0.05, 0) is 88.9 Å². The Morgan fingerprint density at radius 2 is 1.59 bits per heavy atom. The minimum Gasteiger partial charge on any atom is -0.481 e. The van der Waals surface area contributed by atoms with Crippen molar-refractivity contribution in [2.45, 2.75) is 101 Å². The maximum absolute atomic E-state index is 13.4. The molecule has 3 aliphatic carbocycles. The molecule has 1 amide bonds. The van der Waals surface area contributed by atoms with Crippen molar-refractivity contribution in [3.63, 3.8) is 0 Å². The average molecular weight is 448 g/mol. The summed E-state index contributed by atoms with van der Waals surface area (Å²) >= 11 is 0. The Hall–Kier alpha value is -1.67. The highest BCUT2D eigenvalue weighted by atomic mass is 16.4. The molecule has 1 heterocycles. The van der Waals surface area contributed by atoms with E-state index in [2.05, 4.69) is 10.2 Å². The van der Waals surface area contributed by atoms with Gasteiger partial charge in [0.1, 0.15) is 0 Å². The number of amides is 1. The van der Waals surface area contributed by atoms with Crippen LogP contribution in [0.3, 0.4) is 0 Å². The Kier molecular flexibility index (Phi) is 7.40. The predicted octanol–water partition coefficient (Wildman–Crippen LogP) is 2.06. The van der Waals surface area contributed by atoms with Crippen LogP contribution in [0.2, 0.25) is 0 Å². The highest BCUT2D eigenvalue weighted by molar-refractivity contribution is 5.83. The third-order valence-corrected chi connectivity index (χ3v) is 8.83. The molecule has 4 rings (SSSR count). The number of amidine groups is 1. The van der Waals surface area contributed by atoms with Gasteiger partial charge in [-0.1, -0.05) is 0 Å². The van der Waals surface area contributed by atoms with Crippen molar-refractivity contribution >= 4 is 17.7 Å². The number of nitrogens with zero attached hydrogens (tertiary/aromatic N) is 1. The zero-order valence-electron chi connectivity index (χ0n) is 19.2.